The number of aliphatic carboxylic acids is 1. The smallest absolute Gasteiger partial charge is 0.321 e. The number of hydrogen-bond acceptors (Lipinski definition) is 4. The molecule has 0 radical (unpaired) electrons. The van der Waals surface area contributed by atoms with Gasteiger partial charge in [0.1, 0.15) is 18.0 Å². The first-order valence-corrected chi connectivity index (χ1v) is 8.46. The number of carboxylic acids is 1. The summed E-state index contributed by atoms with van der Waals surface area (Å²) in [5.74, 6) is -2.47. The van der Waals surface area contributed by atoms with E-state index in [1.54, 1.807) is 45.0 Å². The summed E-state index contributed by atoms with van der Waals surface area (Å²) in [7, 11) is 0. The van der Waals surface area contributed by atoms with E-state index < -0.39 is 23.5 Å². The molecule has 2 aromatic carbocycles. The molecule has 2 rings (SSSR count). The number of carbonyl (C=O) groups is 2. The van der Waals surface area contributed by atoms with Crippen LogP contribution in [0.25, 0.3) is 0 Å². The van der Waals surface area contributed by atoms with Gasteiger partial charge in [0.25, 0.3) is 0 Å². The SMILES string of the molecule is CC(C)(C)OC(=O)[C@H](Cc1ccc(OCc2ccccc2)cc1)C(=O)O. The van der Waals surface area contributed by atoms with Crippen molar-refractivity contribution in [3.63, 3.8) is 0 Å². The summed E-state index contributed by atoms with van der Waals surface area (Å²) in [4.78, 5) is 23.5. The van der Waals surface area contributed by atoms with Crippen LogP contribution in [0.2, 0.25) is 0 Å². The largest absolute Gasteiger partial charge is 0.489 e. The van der Waals surface area contributed by atoms with E-state index in [1.807, 2.05) is 30.3 Å². The Morgan fingerprint density at radius 2 is 1.58 bits per heavy atom. The van der Waals surface area contributed by atoms with Crippen molar-refractivity contribution in [1.29, 1.82) is 0 Å². The lowest BCUT2D eigenvalue weighted by Crippen LogP contribution is -2.33. The fourth-order valence-corrected chi connectivity index (χ4v) is 2.34. The summed E-state index contributed by atoms with van der Waals surface area (Å²) in [6.45, 7) is 5.59. The number of rotatable bonds is 7. The second-order valence-electron chi connectivity index (χ2n) is 7.05. The van der Waals surface area contributed by atoms with Gasteiger partial charge in [0.05, 0.1) is 0 Å². The average molecular weight is 356 g/mol. The van der Waals surface area contributed by atoms with E-state index in [2.05, 4.69) is 0 Å². The van der Waals surface area contributed by atoms with Crippen molar-refractivity contribution >= 4 is 11.9 Å². The number of ether oxygens (including phenoxy) is 2. The Morgan fingerprint density at radius 1 is 0.962 bits per heavy atom. The van der Waals surface area contributed by atoms with Crippen molar-refractivity contribution in [2.75, 3.05) is 0 Å². The predicted molar refractivity (Wildman–Crippen MR) is 97.9 cm³/mol. The highest BCUT2D eigenvalue weighted by Crippen LogP contribution is 2.19. The molecule has 0 spiro atoms. The maximum absolute atomic E-state index is 12.1. The summed E-state index contributed by atoms with van der Waals surface area (Å²) in [5.41, 5.74) is 1.07. The maximum Gasteiger partial charge on any atom is 0.321 e. The lowest BCUT2D eigenvalue weighted by molar-refractivity contribution is -0.166. The monoisotopic (exact) mass is 356 g/mol. The molecule has 0 heterocycles. The minimum atomic E-state index is -1.23. The third-order valence-electron chi connectivity index (χ3n) is 3.60. The van der Waals surface area contributed by atoms with Crippen LogP contribution in [0.1, 0.15) is 31.9 Å². The second-order valence-corrected chi connectivity index (χ2v) is 7.05. The quantitative estimate of drug-likeness (QED) is 0.602. The standard InChI is InChI=1S/C21H24O5/c1-21(2,3)26-20(24)18(19(22)23)13-15-9-11-17(12-10-15)25-14-16-7-5-4-6-8-16/h4-12,18H,13-14H2,1-3H3,(H,22,23)/t18-/m1/s1. The number of carboxylic acid groups (broad SMARTS) is 1. The first-order chi connectivity index (χ1) is 12.2. The Labute approximate surface area is 153 Å². The summed E-state index contributed by atoms with van der Waals surface area (Å²) in [6, 6.07) is 16.9. The van der Waals surface area contributed by atoms with Crippen LogP contribution >= 0.6 is 0 Å². The molecule has 5 nitrogen and oxygen atoms in total. The van der Waals surface area contributed by atoms with Crippen LogP contribution in [0, 0.1) is 5.92 Å². The fourth-order valence-electron chi connectivity index (χ4n) is 2.34. The third kappa shape index (κ3) is 6.24. The van der Waals surface area contributed by atoms with Crippen LogP contribution in [-0.2, 0) is 27.4 Å². The Kier molecular flexibility index (Phi) is 6.39. The number of hydrogen-bond donors (Lipinski definition) is 1. The zero-order valence-corrected chi connectivity index (χ0v) is 15.3. The molecule has 0 aliphatic carbocycles. The minimum absolute atomic E-state index is 0.0726. The van der Waals surface area contributed by atoms with Crippen LogP contribution in [0.15, 0.2) is 54.6 Å². The van der Waals surface area contributed by atoms with Crippen molar-refractivity contribution in [3.8, 4) is 5.75 Å². The van der Waals surface area contributed by atoms with Gasteiger partial charge in [-0.3, -0.25) is 9.59 Å². The van der Waals surface area contributed by atoms with Gasteiger partial charge >= 0.3 is 11.9 Å². The fraction of sp³-hybridized carbons (Fsp3) is 0.333. The summed E-state index contributed by atoms with van der Waals surface area (Å²) < 4.78 is 10.9. The molecule has 0 saturated heterocycles. The second kappa shape index (κ2) is 8.52. The highest BCUT2D eigenvalue weighted by molar-refractivity contribution is 5.94. The van der Waals surface area contributed by atoms with Crippen LogP contribution in [-0.4, -0.2) is 22.6 Å². The molecule has 2 aromatic rings. The first-order valence-electron chi connectivity index (χ1n) is 8.46. The van der Waals surface area contributed by atoms with Gasteiger partial charge in [-0.25, -0.2) is 0 Å². The van der Waals surface area contributed by atoms with E-state index in [0.29, 0.717) is 12.4 Å². The lowest BCUT2D eigenvalue weighted by Gasteiger charge is -2.22. The van der Waals surface area contributed by atoms with Crippen molar-refractivity contribution < 1.29 is 24.2 Å². The zero-order chi connectivity index (χ0) is 19.2. The summed E-state index contributed by atoms with van der Waals surface area (Å²) in [5, 5.41) is 9.34. The molecule has 26 heavy (non-hydrogen) atoms. The molecule has 0 unspecified atom stereocenters. The van der Waals surface area contributed by atoms with Crippen LogP contribution < -0.4 is 4.74 Å². The molecule has 0 bridgehead atoms. The molecule has 0 aliphatic rings. The lowest BCUT2D eigenvalue weighted by atomic mass is 9.99. The average Bonchev–Trinajstić information content (AvgIpc) is 2.58. The van der Waals surface area contributed by atoms with Crippen molar-refractivity contribution in [2.45, 2.75) is 39.4 Å². The van der Waals surface area contributed by atoms with Gasteiger partial charge < -0.3 is 14.6 Å². The number of carbonyl (C=O) groups excluding carboxylic acids is 1. The maximum atomic E-state index is 12.1. The molecule has 0 fully saturated rings. The van der Waals surface area contributed by atoms with Gasteiger partial charge in [0, 0.05) is 0 Å². The molecule has 0 aromatic heterocycles. The molecule has 1 N–H and O–H groups in total. The molecule has 0 saturated carbocycles. The molecular weight excluding hydrogens is 332 g/mol. The summed E-state index contributed by atoms with van der Waals surface area (Å²) in [6.07, 6.45) is 0.0726. The normalized spacial score (nSPS) is 12.3. The molecule has 138 valence electrons. The molecule has 1 atom stereocenters. The van der Waals surface area contributed by atoms with E-state index >= 15 is 0 Å². The van der Waals surface area contributed by atoms with Gasteiger partial charge in [-0.05, 0) is 50.5 Å². The van der Waals surface area contributed by atoms with Crippen molar-refractivity contribution in [3.05, 3.63) is 65.7 Å². The third-order valence-corrected chi connectivity index (χ3v) is 3.60. The highest BCUT2D eigenvalue weighted by atomic mass is 16.6. The van der Waals surface area contributed by atoms with Gasteiger partial charge in [0.2, 0.25) is 0 Å². The zero-order valence-electron chi connectivity index (χ0n) is 15.3. The van der Waals surface area contributed by atoms with E-state index in [-0.39, 0.29) is 6.42 Å². The van der Waals surface area contributed by atoms with Crippen LogP contribution in [0.4, 0.5) is 0 Å². The molecular formula is C21H24O5. The number of benzene rings is 2. The van der Waals surface area contributed by atoms with E-state index in [1.165, 1.54) is 0 Å². The Balaban J connectivity index is 1.97. The minimum Gasteiger partial charge on any atom is -0.489 e. The van der Waals surface area contributed by atoms with Gasteiger partial charge in [-0.2, -0.15) is 0 Å². The van der Waals surface area contributed by atoms with E-state index in [4.69, 9.17) is 9.47 Å². The predicted octanol–water partition coefficient (Wildman–Crippen LogP) is 3.85. The van der Waals surface area contributed by atoms with Crippen LogP contribution in [0.3, 0.4) is 0 Å². The van der Waals surface area contributed by atoms with Crippen molar-refractivity contribution in [1.82, 2.24) is 0 Å². The summed E-state index contributed by atoms with van der Waals surface area (Å²) >= 11 is 0. The Morgan fingerprint density at radius 3 is 2.12 bits per heavy atom. The van der Waals surface area contributed by atoms with Gasteiger partial charge in [0.15, 0.2) is 5.92 Å². The van der Waals surface area contributed by atoms with Gasteiger partial charge in [-0.15, -0.1) is 0 Å². The van der Waals surface area contributed by atoms with Crippen molar-refractivity contribution in [2.24, 2.45) is 5.92 Å². The van der Waals surface area contributed by atoms with Gasteiger partial charge in [-0.1, -0.05) is 42.5 Å². The van der Waals surface area contributed by atoms with E-state index in [9.17, 15) is 14.7 Å². The molecule has 5 heteroatoms. The highest BCUT2D eigenvalue weighted by Gasteiger charge is 2.31. The Hall–Kier alpha value is -2.82. The van der Waals surface area contributed by atoms with Crippen LogP contribution in [0.5, 0.6) is 5.75 Å². The molecule has 0 aliphatic heterocycles. The van der Waals surface area contributed by atoms with E-state index in [0.717, 1.165) is 11.1 Å². The topological polar surface area (TPSA) is 72.8 Å². The number of esters is 1. The first kappa shape index (κ1) is 19.5. The Bertz CT molecular complexity index is 729. The molecule has 0 amide bonds.